The van der Waals surface area contributed by atoms with E-state index in [0.717, 1.165) is 29.8 Å². The van der Waals surface area contributed by atoms with Crippen molar-refractivity contribution in [3.8, 4) is 11.5 Å². The number of ether oxygens (including phenoxy) is 2. The summed E-state index contributed by atoms with van der Waals surface area (Å²) >= 11 is 0. The van der Waals surface area contributed by atoms with Gasteiger partial charge < -0.3 is 29.9 Å². The van der Waals surface area contributed by atoms with Crippen LogP contribution >= 0.6 is 0 Å². The van der Waals surface area contributed by atoms with Gasteiger partial charge in [-0.2, -0.15) is 13.2 Å². The summed E-state index contributed by atoms with van der Waals surface area (Å²) in [6.07, 6.45) is -5.65. The maximum Gasteiger partial charge on any atom is 0.573 e. The fourth-order valence-corrected chi connectivity index (χ4v) is 8.60. The fraction of sp³-hybridized carbons (Fsp3) is 0.391. The number of hydrogen-bond acceptors (Lipinski definition) is 6. The molecule has 2 bridgehead atoms. The van der Waals surface area contributed by atoms with Crippen molar-refractivity contribution in [3.05, 3.63) is 136 Å². The van der Waals surface area contributed by atoms with Crippen LogP contribution in [-0.2, 0) is 19.1 Å². The van der Waals surface area contributed by atoms with Crippen LogP contribution in [0, 0.1) is 5.41 Å². The van der Waals surface area contributed by atoms with E-state index in [2.05, 4.69) is 16.1 Å². The molecule has 14 heteroatoms. The minimum Gasteiger partial charge on any atom is -0.497 e. The Kier molecular flexibility index (Phi) is 13.1. The third-order valence-corrected chi connectivity index (χ3v) is 12.0. The molecule has 0 heterocycles. The van der Waals surface area contributed by atoms with E-state index < -0.39 is 58.7 Å². The zero-order chi connectivity index (χ0) is 43.5. The van der Waals surface area contributed by atoms with Crippen LogP contribution in [-0.4, -0.2) is 58.6 Å². The summed E-state index contributed by atoms with van der Waals surface area (Å²) in [6.45, 7) is 3.52. The summed E-state index contributed by atoms with van der Waals surface area (Å²) < 4.78 is 89.5. The number of carbonyl (C=O) groups is 2. The predicted octanol–water partition coefficient (Wildman–Crippen LogP) is 10.6. The molecule has 1 saturated carbocycles. The molecular weight excluding hydrogens is 791 g/mol. The van der Waals surface area contributed by atoms with Crippen molar-refractivity contribution in [3.63, 3.8) is 0 Å². The van der Waals surface area contributed by atoms with Gasteiger partial charge in [-0.25, -0.2) is 4.79 Å². The molecule has 4 unspecified atom stereocenters. The molecule has 0 aliphatic heterocycles. The summed E-state index contributed by atoms with van der Waals surface area (Å²) in [5.41, 5.74) is -0.548. The van der Waals surface area contributed by atoms with Crippen LogP contribution in [0.3, 0.4) is 0 Å². The third-order valence-electron chi connectivity index (χ3n) is 12.0. The van der Waals surface area contributed by atoms with Crippen molar-refractivity contribution in [1.82, 2.24) is 4.90 Å². The first-order chi connectivity index (χ1) is 28.3. The van der Waals surface area contributed by atoms with Crippen molar-refractivity contribution in [2.45, 2.75) is 95.5 Å². The van der Waals surface area contributed by atoms with Gasteiger partial charge in [0, 0.05) is 28.8 Å². The Hall–Kier alpha value is -5.34. The van der Waals surface area contributed by atoms with Gasteiger partial charge >= 0.3 is 18.6 Å². The second-order valence-corrected chi connectivity index (χ2v) is 16.1. The highest BCUT2D eigenvalue weighted by Crippen LogP contribution is 2.59. The number of amides is 2. The normalized spacial score (nSPS) is 22.3. The highest BCUT2D eigenvalue weighted by molar-refractivity contribution is 6.10. The van der Waals surface area contributed by atoms with Gasteiger partial charge in [0.1, 0.15) is 11.5 Å². The molecule has 8 nitrogen and oxygen atoms in total. The number of nitrogens with one attached hydrogen (secondary N) is 1. The molecule has 3 aliphatic rings. The van der Waals surface area contributed by atoms with Gasteiger partial charge in [0.15, 0.2) is 5.78 Å². The number of urea groups is 1. The van der Waals surface area contributed by atoms with E-state index in [0.29, 0.717) is 60.2 Å². The Balaban J connectivity index is 1.41. The maximum absolute atomic E-state index is 14.4. The smallest absolute Gasteiger partial charge is 0.497 e. The van der Waals surface area contributed by atoms with Crippen molar-refractivity contribution in [1.29, 1.82) is 0 Å². The summed E-state index contributed by atoms with van der Waals surface area (Å²) in [7, 11) is 1.50. The lowest BCUT2D eigenvalue weighted by atomic mass is 9.64. The van der Waals surface area contributed by atoms with Crippen LogP contribution in [0.1, 0.15) is 96.5 Å². The molecule has 4 aromatic carbocycles. The Labute approximate surface area is 344 Å². The zero-order valence-electron chi connectivity index (χ0n) is 33.5. The topological polar surface area (TPSA) is 108 Å². The average molecular weight is 839 g/mol. The molecule has 60 heavy (non-hydrogen) atoms. The molecule has 1 fully saturated rings. The van der Waals surface area contributed by atoms with Crippen molar-refractivity contribution in [2.75, 3.05) is 19.0 Å². The third kappa shape index (κ3) is 10.3. The van der Waals surface area contributed by atoms with E-state index in [1.54, 1.807) is 42.5 Å². The first kappa shape index (κ1) is 44.2. The minimum atomic E-state index is -4.90. The zero-order valence-corrected chi connectivity index (χ0v) is 33.5. The second kappa shape index (κ2) is 17.7. The van der Waals surface area contributed by atoms with Gasteiger partial charge in [-0.15, -0.1) is 13.2 Å². The van der Waals surface area contributed by atoms with Gasteiger partial charge in [-0.1, -0.05) is 55.0 Å². The largest absolute Gasteiger partial charge is 0.573 e. The molecule has 4 atom stereocenters. The summed E-state index contributed by atoms with van der Waals surface area (Å²) in [5.74, 6) is -1.04. The molecule has 320 valence electrons. The average Bonchev–Trinajstić information content (AvgIpc) is 3.45. The Morgan fingerprint density at radius 3 is 2.27 bits per heavy atom. The number of alkyl halides is 6. The lowest BCUT2D eigenvalue weighted by Crippen LogP contribution is -2.54. The summed E-state index contributed by atoms with van der Waals surface area (Å²) in [4.78, 5) is 30.0. The monoisotopic (exact) mass is 838 g/mol. The minimum absolute atomic E-state index is 0.118. The first-order valence-corrected chi connectivity index (χ1v) is 19.7. The van der Waals surface area contributed by atoms with Crippen LogP contribution in [0.25, 0.3) is 0 Å². The molecule has 2 amide bonds. The molecule has 7 rings (SSSR count). The van der Waals surface area contributed by atoms with E-state index in [4.69, 9.17) is 4.74 Å². The number of nitrogens with zero attached hydrogens (tertiary/aromatic N) is 1. The number of benzene rings is 4. The Morgan fingerprint density at radius 1 is 0.900 bits per heavy atom. The number of hydrogen-bond donors (Lipinski definition) is 3. The van der Waals surface area contributed by atoms with E-state index >= 15 is 0 Å². The van der Waals surface area contributed by atoms with E-state index in [1.807, 2.05) is 13.8 Å². The number of halogens is 6. The number of methoxy groups -OCH3 is 1. The molecule has 0 radical (unpaired) electrons. The van der Waals surface area contributed by atoms with E-state index in [9.17, 15) is 46.1 Å². The molecule has 3 N–H and O–H groups in total. The summed E-state index contributed by atoms with van der Waals surface area (Å²) in [5, 5.41) is 26.8. The molecule has 0 spiro atoms. The van der Waals surface area contributed by atoms with Gasteiger partial charge in [0.05, 0.1) is 30.9 Å². The molecule has 0 aromatic heterocycles. The van der Waals surface area contributed by atoms with Gasteiger partial charge in [-0.3, -0.25) is 4.79 Å². The Bertz CT molecular complexity index is 2190. The number of aliphatic hydroxyl groups is 2. The molecule has 3 aliphatic carbocycles. The molecule has 0 saturated heterocycles. The maximum atomic E-state index is 14.4. The van der Waals surface area contributed by atoms with Gasteiger partial charge in [0.2, 0.25) is 0 Å². The number of allylic oxidation sites excluding steroid dienone is 2. The second-order valence-electron chi connectivity index (χ2n) is 16.1. The number of anilines is 1. The lowest BCUT2D eigenvalue weighted by Gasteiger charge is -2.46. The van der Waals surface area contributed by atoms with E-state index in [-0.39, 0.29) is 37.1 Å². The fourth-order valence-electron chi connectivity index (χ4n) is 8.60. The quantitative estimate of drug-likeness (QED) is 0.0880. The number of ketones is 1. The van der Waals surface area contributed by atoms with Crippen LogP contribution in [0.4, 0.5) is 36.8 Å². The Morgan fingerprint density at radius 2 is 1.60 bits per heavy atom. The predicted molar refractivity (Wildman–Crippen MR) is 214 cm³/mol. The molecular formula is C46H48F6N2O6. The van der Waals surface area contributed by atoms with Gasteiger partial charge in [-0.05, 0) is 129 Å². The van der Waals surface area contributed by atoms with Gasteiger partial charge in [0.25, 0.3) is 0 Å². The van der Waals surface area contributed by atoms with Crippen molar-refractivity contribution >= 4 is 17.5 Å². The number of rotatable bonds is 9. The number of carbonyl (C=O) groups excluding carboxylic acids is 2. The standard InChI is InChI=1S/C46H48F6N2O6/c1-29-6-5-22-43(2)40(38-20-12-31(24-35(55)15-9-29)25-39(38)41(56)32-7-4-8-33(26-32)45(47,48)49)21-23-44(43,58)28-54(42(57)53-34-13-18-36(59-3)19-14-34)27-30-10-16-37(17-11-30)60-46(50,51)52/h4,6-8,10-14,16-20,25-26,35,40,55,58H,5,9,15,21-24,27-28H2,1-3H3,(H,53,57). The SMILES string of the molecule is COc1ccc(NC(=O)N(Cc2ccc(OC(F)(F)F)cc2)CC2(O)CCC3c4ccc(cc4C(=O)c4cccc(C(F)(F)F)c4)CC(O)CCC(C)=CCCC32C)cc1. The number of aliphatic hydroxyl groups excluding tert-OH is 1. The van der Waals surface area contributed by atoms with E-state index in [1.165, 1.54) is 36.3 Å². The highest BCUT2D eigenvalue weighted by Gasteiger charge is 2.57. The van der Waals surface area contributed by atoms with Crippen molar-refractivity contribution in [2.24, 2.45) is 5.41 Å². The first-order valence-electron chi connectivity index (χ1n) is 19.7. The summed E-state index contributed by atoms with van der Waals surface area (Å²) in [6, 6.07) is 20.5. The lowest BCUT2D eigenvalue weighted by molar-refractivity contribution is -0.274. The van der Waals surface area contributed by atoms with Crippen LogP contribution < -0.4 is 14.8 Å². The van der Waals surface area contributed by atoms with Crippen LogP contribution in [0.2, 0.25) is 0 Å². The van der Waals surface area contributed by atoms with Crippen LogP contribution in [0.5, 0.6) is 11.5 Å². The molecule has 4 aromatic rings. The van der Waals surface area contributed by atoms with Crippen molar-refractivity contribution < 1.29 is 55.6 Å². The number of fused-ring (bicyclic) bond motifs is 8. The van der Waals surface area contributed by atoms with Crippen LogP contribution in [0.15, 0.2) is 103 Å². The highest BCUT2D eigenvalue weighted by atomic mass is 19.4.